The van der Waals surface area contributed by atoms with Crippen LogP contribution in [0.25, 0.3) is 11.0 Å². The maximum atomic E-state index is 12.8. The number of nitrogens with two attached hydrogens (primary N) is 1. The van der Waals surface area contributed by atoms with E-state index in [9.17, 15) is 4.79 Å². The molecule has 27 heavy (non-hydrogen) atoms. The Hall–Kier alpha value is -2.18. The highest BCUT2D eigenvalue weighted by atomic mass is 79.9. The van der Waals surface area contributed by atoms with E-state index in [1.54, 1.807) is 0 Å². The molecule has 1 aliphatic rings. The van der Waals surface area contributed by atoms with Crippen molar-refractivity contribution in [1.29, 1.82) is 0 Å². The predicted octanol–water partition coefficient (Wildman–Crippen LogP) is 3.60. The second-order valence-electron chi connectivity index (χ2n) is 7.11. The number of halogens is 1. The van der Waals surface area contributed by atoms with Gasteiger partial charge in [-0.25, -0.2) is 9.13 Å². The van der Waals surface area contributed by atoms with Crippen molar-refractivity contribution >= 4 is 38.7 Å². The Balaban J connectivity index is 1.67. The number of carbonyl (C=O) groups excluding carboxylic acids is 1. The number of para-hydroxylation sites is 2. The number of aromatic nitrogens is 2. The summed E-state index contributed by atoms with van der Waals surface area (Å²) in [6, 6.07) is 15.6. The Morgan fingerprint density at radius 3 is 2.48 bits per heavy atom. The lowest BCUT2D eigenvalue weighted by Crippen LogP contribution is -2.41. The van der Waals surface area contributed by atoms with Crippen molar-refractivity contribution in [3.8, 4) is 0 Å². The SMILES string of the molecule is Nc1n(CN2CCCCC2)c2ccccc2[n+]1CC(=O)c1ccc(Br)cc1. The molecule has 0 amide bonds. The third-order valence-electron chi connectivity index (χ3n) is 5.27. The Kier molecular flexibility index (Phi) is 5.27. The predicted molar refractivity (Wildman–Crippen MR) is 110 cm³/mol. The van der Waals surface area contributed by atoms with Gasteiger partial charge in [-0.15, -0.1) is 0 Å². The first-order valence-corrected chi connectivity index (χ1v) is 10.2. The van der Waals surface area contributed by atoms with Crippen molar-refractivity contribution < 1.29 is 9.36 Å². The topological polar surface area (TPSA) is 55.1 Å². The number of Topliss-reactive ketones (excluding diaryl/α,β-unsaturated/α-hetero) is 1. The molecule has 0 radical (unpaired) electrons. The summed E-state index contributed by atoms with van der Waals surface area (Å²) in [7, 11) is 0. The third-order valence-corrected chi connectivity index (χ3v) is 5.80. The standard InChI is InChI=1S/C21H23BrN4O/c22-17-10-8-16(9-11-17)20(27)14-25-18-6-2-3-7-19(18)26(21(25)23)15-24-12-4-1-5-13-24/h2-3,6-11,23H,1,4-5,12-15H2/p+1. The molecular weight excluding hydrogens is 404 g/mol. The molecule has 6 heteroatoms. The van der Waals surface area contributed by atoms with Crippen LogP contribution in [0.5, 0.6) is 0 Å². The van der Waals surface area contributed by atoms with Crippen LogP contribution in [0.15, 0.2) is 53.0 Å². The van der Waals surface area contributed by atoms with Crippen LogP contribution in [0.4, 0.5) is 5.95 Å². The van der Waals surface area contributed by atoms with Crippen LogP contribution >= 0.6 is 15.9 Å². The van der Waals surface area contributed by atoms with Crippen LogP contribution in [-0.2, 0) is 13.2 Å². The Morgan fingerprint density at radius 1 is 1.04 bits per heavy atom. The number of nitrogens with zero attached hydrogens (tertiary/aromatic N) is 3. The molecular formula is C21H24BrN4O+. The van der Waals surface area contributed by atoms with Crippen LogP contribution in [-0.4, -0.2) is 28.3 Å². The maximum Gasteiger partial charge on any atom is 0.357 e. The van der Waals surface area contributed by atoms with E-state index in [-0.39, 0.29) is 12.3 Å². The summed E-state index contributed by atoms with van der Waals surface area (Å²) in [6.07, 6.45) is 3.78. The van der Waals surface area contributed by atoms with Gasteiger partial charge in [0.15, 0.2) is 5.78 Å². The molecule has 3 aromatic rings. The number of hydrogen-bond acceptors (Lipinski definition) is 3. The summed E-state index contributed by atoms with van der Waals surface area (Å²) in [5, 5.41) is 0. The highest BCUT2D eigenvalue weighted by Crippen LogP contribution is 2.19. The highest BCUT2D eigenvalue weighted by Gasteiger charge is 2.25. The number of carbonyl (C=O) groups is 1. The van der Waals surface area contributed by atoms with E-state index < -0.39 is 0 Å². The first kappa shape index (κ1) is 18.2. The molecule has 0 saturated carbocycles. The molecule has 1 aliphatic heterocycles. The van der Waals surface area contributed by atoms with Crippen LogP contribution in [0.1, 0.15) is 29.6 Å². The molecule has 140 valence electrons. The first-order chi connectivity index (χ1) is 13.1. The summed E-state index contributed by atoms with van der Waals surface area (Å²) in [5.41, 5.74) is 9.29. The molecule has 2 N–H and O–H groups in total. The minimum Gasteiger partial charge on any atom is -0.291 e. The van der Waals surface area contributed by atoms with Crippen molar-refractivity contribution in [3.05, 3.63) is 58.6 Å². The van der Waals surface area contributed by atoms with Gasteiger partial charge in [0.1, 0.15) is 24.2 Å². The van der Waals surface area contributed by atoms with Crippen molar-refractivity contribution in [2.75, 3.05) is 18.8 Å². The minimum absolute atomic E-state index is 0.0556. The molecule has 0 atom stereocenters. The number of hydrogen-bond donors (Lipinski definition) is 1. The number of likely N-dealkylation sites (tertiary alicyclic amines) is 1. The lowest BCUT2D eigenvalue weighted by atomic mass is 10.1. The molecule has 2 heterocycles. The number of imidazole rings is 1. The molecule has 5 nitrogen and oxygen atoms in total. The minimum atomic E-state index is 0.0556. The third kappa shape index (κ3) is 3.77. The van der Waals surface area contributed by atoms with E-state index in [4.69, 9.17) is 5.73 Å². The molecule has 0 aliphatic carbocycles. The van der Waals surface area contributed by atoms with E-state index in [1.807, 2.05) is 47.0 Å². The Bertz CT molecular complexity index is 958. The summed E-state index contributed by atoms with van der Waals surface area (Å²) in [5.74, 6) is 0.687. The van der Waals surface area contributed by atoms with Gasteiger partial charge in [0, 0.05) is 23.1 Å². The molecule has 1 saturated heterocycles. The zero-order valence-corrected chi connectivity index (χ0v) is 16.9. The van der Waals surface area contributed by atoms with E-state index in [0.717, 1.165) is 35.3 Å². The largest absolute Gasteiger partial charge is 0.357 e. The second-order valence-corrected chi connectivity index (χ2v) is 8.03. The molecule has 1 fully saturated rings. The Morgan fingerprint density at radius 2 is 1.74 bits per heavy atom. The maximum absolute atomic E-state index is 12.8. The number of fused-ring (bicyclic) bond motifs is 1. The van der Waals surface area contributed by atoms with E-state index in [1.165, 1.54) is 19.3 Å². The monoisotopic (exact) mass is 427 g/mol. The van der Waals surface area contributed by atoms with Gasteiger partial charge < -0.3 is 0 Å². The van der Waals surface area contributed by atoms with Gasteiger partial charge in [-0.2, -0.15) is 0 Å². The lowest BCUT2D eigenvalue weighted by molar-refractivity contribution is -0.642. The molecule has 0 spiro atoms. The van der Waals surface area contributed by atoms with E-state index >= 15 is 0 Å². The Labute approximate surface area is 167 Å². The van der Waals surface area contributed by atoms with Crippen LogP contribution < -0.4 is 10.3 Å². The number of nitrogen functional groups attached to an aromatic ring is 1. The van der Waals surface area contributed by atoms with Crippen LogP contribution in [0, 0.1) is 0 Å². The van der Waals surface area contributed by atoms with Crippen LogP contribution in [0.2, 0.25) is 0 Å². The quantitative estimate of drug-likeness (QED) is 0.499. The summed E-state index contributed by atoms with van der Waals surface area (Å²) >= 11 is 3.41. The van der Waals surface area contributed by atoms with Gasteiger partial charge in [0.25, 0.3) is 0 Å². The molecule has 2 aromatic carbocycles. The van der Waals surface area contributed by atoms with Gasteiger partial charge in [0.2, 0.25) is 0 Å². The van der Waals surface area contributed by atoms with Gasteiger partial charge in [-0.05, 0) is 37.1 Å². The smallest absolute Gasteiger partial charge is 0.291 e. The first-order valence-electron chi connectivity index (χ1n) is 9.41. The summed E-state index contributed by atoms with van der Waals surface area (Å²) in [4.78, 5) is 15.2. The number of anilines is 1. The fraction of sp³-hybridized carbons (Fsp3) is 0.333. The lowest BCUT2D eigenvalue weighted by Gasteiger charge is -2.25. The molecule has 0 bridgehead atoms. The summed E-state index contributed by atoms with van der Waals surface area (Å²) in [6.45, 7) is 3.21. The number of piperidine rings is 1. The van der Waals surface area contributed by atoms with Crippen molar-refractivity contribution in [2.24, 2.45) is 0 Å². The number of benzene rings is 2. The molecule has 0 unspecified atom stereocenters. The van der Waals surface area contributed by atoms with Gasteiger partial charge in [-0.1, -0.05) is 46.6 Å². The average molecular weight is 428 g/mol. The number of ketones is 1. The van der Waals surface area contributed by atoms with Crippen molar-refractivity contribution in [1.82, 2.24) is 9.47 Å². The molecule has 4 rings (SSSR count). The van der Waals surface area contributed by atoms with Crippen molar-refractivity contribution in [2.45, 2.75) is 32.5 Å². The van der Waals surface area contributed by atoms with E-state index in [2.05, 4.69) is 31.5 Å². The summed E-state index contributed by atoms with van der Waals surface area (Å²) < 4.78 is 5.03. The van der Waals surface area contributed by atoms with E-state index in [0.29, 0.717) is 11.5 Å². The fourth-order valence-electron chi connectivity index (χ4n) is 3.80. The molecule has 1 aromatic heterocycles. The van der Waals surface area contributed by atoms with Crippen LogP contribution in [0.3, 0.4) is 0 Å². The zero-order valence-electron chi connectivity index (χ0n) is 15.3. The van der Waals surface area contributed by atoms with Crippen molar-refractivity contribution in [3.63, 3.8) is 0 Å². The number of rotatable bonds is 5. The average Bonchev–Trinajstić information content (AvgIpc) is 2.95. The van der Waals surface area contributed by atoms with Gasteiger partial charge in [0.05, 0.1) is 0 Å². The highest BCUT2D eigenvalue weighted by molar-refractivity contribution is 9.10. The second kappa shape index (κ2) is 7.82. The van der Waals surface area contributed by atoms with Gasteiger partial charge in [-0.3, -0.25) is 15.4 Å². The zero-order chi connectivity index (χ0) is 18.8. The normalized spacial score (nSPS) is 15.3. The fourth-order valence-corrected chi connectivity index (χ4v) is 4.06. The van der Waals surface area contributed by atoms with Gasteiger partial charge >= 0.3 is 5.95 Å².